The zero-order valence-corrected chi connectivity index (χ0v) is 9.28. The van der Waals surface area contributed by atoms with Crippen molar-refractivity contribution in [3.8, 4) is 5.75 Å². The van der Waals surface area contributed by atoms with E-state index in [1.165, 1.54) is 18.4 Å². The Bertz CT molecular complexity index is 388. The highest BCUT2D eigenvalue weighted by Crippen LogP contribution is 2.28. The second-order valence-electron chi connectivity index (χ2n) is 4.66. The molecule has 1 aromatic rings. The van der Waals surface area contributed by atoms with Crippen molar-refractivity contribution < 1.29 is 9.84 Å². The first-order valence-electron chi connectivity index (χ1n) is 6.00. The highest BCUT2D eigenvalue weighted by molar-refractivity contribution is 5.40. The van der Waals surface area contributed by atoms with E-state index in [0.717, 1.165) is 24.3 Å². The van der Waals surface area contributed by atoms with Crippen molar-refractivity contribution in [3.05, 3.63) is 29.3 Å². The molecule has 1 aliphatic carbocycles. The second kappa shape index (κ2) is 4.07. The monoisotopic (exact) mass is 219 g/mol. The summed E-state index contributed by atoms with van der Waals surface area (Å²) in [5.74, 6) is 0.978. The highest BCUT2D eigenvalue weighted by Gasteiger charge is 2.22. The average Bonchev–Trinajstić information content (AvgIpc) is 3.01. The van der Waals surface area contributed by atoms with Crippen LogP contribution in [0.5, 0.6) is 5.75 Å². The Morgan fingerprint density at radius 1 is 1.44 bits per heavy atom. The summed E-state index contributed by atoms with van der Waals surface area (Å²) in [7, 11) is 0. The molecular formula is C13H17NO2. The summed E-state index contributed by atoms with van der Waals surface area (Å²) >= 11 is 0. The van der Waals surface area contributed by atoms with Gasteiger partial charge in [-0.1, -0.05) is 6.07 Å². The van der Waals surface area contributed by atoms with Gasteiger partial charge in [-0.3, -0.25) is 0 Å². The Labute approximate surface area is 95.4 Å². The van der Waals surface area contributed by atoms with Crippen molar-refractivity contribution in [2.75, 3.05) is 13.2 Å². The van der Waals surface area contributed by atoms with Gasteiger partial charge in [-0.05, 0) is 36.1 Å². The first-order valence-corrected chi connectivity index (χ1v) is 6.00. The number of fused-ring (bicyclic) bond motifs is 1. The zero-order chi connectivity index (χ0) is 11.0. The Kier molecular flexibility index (Phi) is 2.58. The molecule has 0 aromatic heterocycles. The number of nitrogens with one attached hydrogen (secondary N) is 1. The lowest BCUT2D eigenvalue weighted by molar-refractivity contribution is 0.174. The van der Waals surface area contributed by atoms with Crippen molar-refractivity contribution in [2.45, 2.75) is 31.4 Å². The molecular weight excluding hydrogens is 202 g/mol. The predicted molar refractivity (Wildman–Crippen MR) is 61.6 cm³/mol. The molecule has 1 aromatic carbocycles. The molecule has 16 heavy (non-hydrogen) atoms. The average molecular weight is 219 g/mol. The molecule has 1 unspecified atom stereocenters. The lowest BCUT2D eigenvalue weighted by Gasteiger charge is -2.12. The Balaban J connectivity index is 1.67. The highest BCUT2D eigenvalue weighted by atomic mass is 16.5. The van der Waals surface area contributed by atoms with Crippen LogP contribution in [0, 0.1) is 0 Å². The molecule has 2 aliphatic rings. The maximum absolute atomic E-state index is 10.0. The quantitative estimate of drug-likeness (QED) is 0.804. The van der Waals surface area contributed by atoms with Gasteiger partial charge >= 0.3 is 0 Å². The second-order valence-corrected chi connectivity index (χ2v) is 4.66. The molecule has 0 radical (unpaired) electrons. The summed E-state index contributed by atoms with van der Waals surface area (Å²) in [6, 6.07) is 6.65. The minimum Gasteiger partial charge on any atom is -0.493 e. The fourth-order valence-electron chi connectivity index (χ4n) is 2.10. The lowest BCUT2D eigenvalue weighted by atomic mass is 10.0. The van der Waals surface area contributed by atoms with Crippen LogP contribution in [0.2, 0.25) is 0 Å². The molecule has 3 rings (SSSR count). The number of ether oxygens (including phenoxy) is 1. The molecule has 1 saturated carbocycles. The van der Waals surface area contributed by atoms with Gasteiger partial charge in [0.05, 0.1) is 12.7 Å². The largest absolute Gasteiger partial charge is 0.493 e. The normalized spacial score (nSPS) is 20.3. The molecule has 86 valence electrons. The third kappa shape index (κ3) is 2.06. The predicted octanol–water partition coefficient (Wildman–Crippen LogP) is 1.41. The van der Waals surface area contributed by atoms with Crippen molar-refractivity contribution >= 4 is 0 Å². The zero-order valence-electron chi connectivity index (χ0n) is 9.28. The molecule has 3 nitrogen and oxygen atoms in total. The van der Waals surface area contributed by atoms with Crippen molar-refractivity contribution in [1.82, 2.24) is 5.32 Å². The molecule has 1 heterocycles. The number of aliphatic hydroxyl groups is 1. The molecule has 3 heteroatoms. The van der Waals surface area contributed by atoms with E-state index in [1.807, 2.05) is 12.1 Å². The molecule has 1 atom stereocenters. The van der Waals surface area contributed by atoms with Crippen LogP contribution in [0.3, 0.4) is 0 Å². The van der Waals surface area contributed by atoms with Crippen molar-refractivity contribution in [3.63, 3.8) is 0 Å². The molecule has 2 N–H and O–H groups in total. The summed E-state index contributed by atoms with van der Waals surface area (Å²) in [6.45, 7) is 1.43. The number of aliphatic hydroxyl groups excluding tert-OH is 1. The minimum atomic E-state index is -0.397. The van der Waals surface area contributed by atoms with E-state index in [0.29, 0.717) is 12.6 Å². The molecule has 0 saturated heterocycles. The molecule has 1 aliphatic heterocycles. The Hall–Kier alpha value is -1.06. The van der Waals surface area contributed by atoms with Crippen LogP contribution in [0.15, 0.2) is 18.2 Å². The number of benzene rings is 1. The first kappa shape index (κ1) is 10.1. The van der Waals surface area contributed by atoms with Crippen LogP contribution in [0.25, 0.3) is 0 Å². The maximum Gasteiger partial charge on any atom is 0.122 e. The van der Waals surface area contributed by atoms with Gasteiger partial charge in [0, 0.05) is 19.0 Å². The summed E-state index contributed by atoms with van der Waals surface area (Å²) < 4.78 is 5.44. The van der Waals surface area contributed by atoms with Gasteiger partial charge in [0.15, 0.2) is 0 Å². The van der Waals surface area contributed by atoms with Crippen LogP contribution in [-0.2, 0) is 6.42 Å². The van der Waals surface area contributed by atoms with Gasteiger partial charge in [0.2, 0.25) is 0 Å². The number of rotatable bonds is 4. The lowest BCUT2D eigenvalue weighted by Crippen LogP contribution is -2.23. The first-order chi connectivity index (χ1) is 7.83. The smallest absolute Gasteiger partial charge is 0.122 e. The van der Waals surface area contributed by atoms with Crippen molar-refractivity contribution in [2.24, 2.45) is 0 Å². The van der Waals surface area contributed by atoms with Gasteiger partial charge in [0.1, 0.15) is 5.75 Å². The summed E-state index contributed by atoms with van der Waals surface area (Å²) in [5, 5.41) is 13.4. The van der Waals surface area contributed by atoms with Gasteiger partial charge in [0.25, 0.3) is 0 Å². The van der Waals surface area contributed by atoms with Crippen LogP contribution in [-0.4, -0.2) is 24.3 Å². The van der Waals surface area contributed by atoms with Gasteiger partial charge < -0.3 is 15.2 Å². The SMILES string of the molecule is OC(CNC1CC1)c1ccc2c(c1)CCO2. The van der Waals surface area contributed by atoms with Crippen LogP contribution < -0.4 is 10.1 Å². The van der Waals surface area contributed by atoms with E-state index in [4.69, 9.17) is 4.74 Å². The van der Waals surface area contributed by atoms with Gasteiger partial charge in [-0.25, -0.2) is 0 Å². The van der Waals surface area contributed by atoms with Crippen LogP contribution >= 0.6 is 0 Å². The van der Waals surface area contributed by atoms with Crippen molar-refractivity contribution in [1.29, 1.82) is 0 Å². The van der Waals surface area contributed by atoms with E-state index in [2.05, 4.69) is 11.4 Å². The third-order valence-electron chi connectivity index (χ3n) is 3.28. The Morgan fingerprint density at radius 2 is 2.31 bits per heavy atom. The minimum absolute atomic E-state index is 0.397. The summed E-state index contributed by atoms with van der Waals surface area (Å²) in [5.41, 5.74) is 2.22. The van der Waals surface area contributed by atoms with Gasteiger partial charge in [-0.15, -0.1) is 0 Å². The van der Waals surface area contributed by atoms with E-state index >= 15 is 0 Å². The van der Waals surface area contributed by atoms with Crippen LogP contribution in [0.1, 0.15) is 30.1 Å². The maximum atomic E-state index is 10.0. The summed E-state index contributed by atoms with van der Waals surface area (Å²) in [6.07, 6.45) is 3.08. The third-order valence-corrected chi connectivity index (χ3v) is 3.28. The van der Waals surface area contributed by atoms with Gasteiger partial charge in [-0.2, -0.15) is 0 Å². The Morgan fingerprint density at radius 3 is 3.12 bits per heavy atom. The molecule has 0 bridgehead atoms. The van der Waals surface area contributed by atoms with E-state index in [9.17, 15) is 5.11 Å². The number of hydrogen-bond donors (Lipinski definition) is 2. The fourth-order valence-corrected chi connectivity index (χ4v) is 2.10. The molecule has 0 amide bonds. The van der Waals surface area contributed by atoms with Crippen LogP contribution in [0.4, 0.5) is 0 Å². The standard InChI is InChI=1S/C13H17NO2/c15-12(8-14-11-2-3-11)9-1-4-13-10(7-9)5-6-16-13/h1,4,7,11-12,14-15H,2-3,5-6,8H2. The van der Waals surface area contributed by atoms with E-state index in [1.54, 1.807) is 0 Å². The van der Waals surface area contributed by atoms with E-state index < -0.39 is 6.10 Å². The molecule has 0 spiro atoms. The topological polar surface area (TPSA) is 41.5 Å². The summed E-state index contributed by atoms with van der Waals surface area (Å²) in [4.78, 5) is 0. The van der Waals surface area contributed by atoms with E-state index in [-0.39, 0.29) is 0 Å². The molecule has 1 fully saturated rings. The fraction of sp³-hybridized carbons (Fsp3) is 0.538. The number of hydrogen-bond acceptors (Lipinski definition) is 3.